The van der Waals surface area contributed by atoms with E-state index in [2.05, 4.69) is 5.32 Å². The molecular formula is C19H19F4NO2. The lowest BCUT2D eigenvalue weighted by molar-refractivity contribution is -0.146. The first-order chi connectivity index (χ1) is 12.1. The second kappa shape index (κ2) is 7.76. The van der Waals surface area contributed by atoms with Gasteiger partial charge in [0.05, 0.1) is 23.8 Å². The van der Waals surface area contributed by atoms with Crippen LogP contribution in [0.2, 0.25) is 0 Å². The molecule has 3 nitrogen and oxygen atoms in total. The summed E-state index contributed by atoms with van der Waals surface area (Å²) >= 11 is 0. The largest absolute Gasteiger partial charge is 0.463 e. The van der Waals surface area contributed by atoms with Crippen LogP contribution in [0.3, 0.4) is 0 Å². The molecule has 140 valence electrons. The van der Waals surface area contributed by atoms with Crippen LogP contribution in [-0.4, -0.2) is 12.1 Å². The topological polar surface area (TPSA) is 38.3 Å². The highest BCUT2D eigenvalue weighted by molar-refractivity contribution is 5.77. The van der Waals surface area contributed by atoms with E-state index in [1.165, 1.54) is 0 Å². The predicted molar refractivity (Wildman–Crippen MR) is 90.8 cm³/mol. The Balaban J connectivity index is 2.28. The summed E-state index contributed by atoms with van der Waals surface area (Å²) in [6.45, 7) is 5.29. The lowest BCUT2D eigenvalue weighted by Gasteiger charge is -2.15. The molecule has 0 fully saturated rings. The van der Waals surface area contributed by atoms with Gasteiger partial charge < -0.3 is 10.1 Å². The Hall–Kier alpha value is -2.57. The maximum absolute atomic E-state index is 14.1. The highest BCUT2D eigenvalue weighted by atomic mass is 19.4. The van der Waals surface area contributed by atoms with E-state index in [-0.39, 0.29) is 18.2 Å². The van der Waals surface area contributed by atoms with E-state index in [0.717, 1.165) is 17.7 Å². The third kappa shape index (κ3) is 5.21. The first-order valence-corrected chi connectivity index (χ1v) is 7.99. The summed E-state index contributed by atoms with van der Waals surface area (Å²) in [6.07, 6.45) is -4.92. The van der Waals surface area contributed by atoms with Crippen LogP contribution in [0.4, 0.5) is 28.9 Å². The molecule has 0 aliphatic carbocycles. The fraction of sp³-hybridized carbons (Fsp3) is 0.316. The highest BCUT2D eigenvalue weighted by Crippen LogP contribution is 2.32. The first-order valence-electron chi connectivity index (χ1n) is 7.99. The molecule has 0 radical (unpaired) electrons. The Morgan fingerprint density at radius 1 is 1.12 bits per heavy atom. The van der Waals surface area contributed by atoms with Gasteiger partial charge in [-0.05, 0) is 50.6 Å². The van der Waals surface area contributed by atoms with E-state index in [1.807, 2.05) is 6.92 Å². The van der Waals surface area contributed by atoms with E-state index >= 15 is 0 Å². The predicted octanol–water partition coefficient (Wildman–Crippen LogP) is 5.39. The number of ether oxygens (including phenoxy) is 1. The Kier molecular flexibility index (Phi) is 5.90. The summed E-state index contributed by atoms with van der Waals surface area (Å²) in [5, 5.41) is 2.76. The molecule has 0 heterocycles. The number of hydrogen-bond acceptors (Lipinski definition) is 3. The lowest BCUT2D eigenvalue weighted by Crippen LogP contribution is -2.14. The number of rotatable bonds is 5. The van der Waals surface area contributed by atoms with Gasteiger partial charge in [-0.25, -0.2) is 4.39 Å². The first kappa shape index (κ1) is 19.8. The van der Waals surface area contributed by atoms with Crippen LogP contribution in [-0.2, 0) is 22.1 Å². The van der Waals surface area contributed by atoms with Crippen molar-refractivity contribution in [1.29, 1.82) is 0 Å². The van der Waals surface area contributed by atoms with Crippen LogP contribution in [0, 0.1) is 12.7 Å². The number of esters is 1. The van der Waals surface area contributed by atoms with E-state index in [4.69, 9.17) is 4.74 Å². The summed E-state index contributed by atoms with van der Waals surface area (Å²) < 4.78 is 57.1. The molecule has 7 heteroatoms. The SMILES string of the molecule is Cc1ccc(Nc2ccc(C(F)(F)F)cc2F)c(CC(=O)OC(C)C)c1. The van der Waals surface area contributed by atoms with Crippen molar-refractivity contribution in [3.8, 4) is 0 Å². The molecular weight excluding hydrogens is 350 g/mol. The minimum absolute atomic E-state index is 0.0373. The molecule has 1 N–H and O–H groups in total. The highest BCUT2D eigenvalue weighted by Gasteiger charge is 2.31. The van der Waals surface area contributed by atoms with Crippen LogP contribution >= 0.6 is 0 Å². The van der Waals surface area contributed by atoms with Crippen LogP contribution in [0.25, 0.3) is 0 Å². The molecule has 0 amide bonds. The Bertz CT molecular complexity index is 801. The Labute approximate surface area is 149 Å². The maximum Gasteiger partial charge on any atom is 0.416 e. The molecule has 26 heavy (non-hydrogen) atoms. The molecule has 0 spiro atoms. The zero-order valence-electron chi connectivity index (χ0n) is 14.6. The van der Waals surface area contributed by atoms with Crippen molar-refractivity contribution in [2.45, 2.75) is 39.5 Å². The van der Waals surface area contributed by atoms with Gasteiger partial charge in [-0.3, -0.25) is 4.79 Å². The van der Waals surface area contributed by atoms with E-state index in [0.29, 0.717) is 17.3 Å². The number of halogens is 4. The minimum atomic E-state index is -4.62. The molecule has 0 saturated carbocycles. The van der Waals surface area contributed by atoms with Gasteiger partial charge in [-0.1, -0.05) is 17.7 Å². The molecule has 0 unspecified atom stereocenters. The van der Waals surface area contributed by atoms with Crippen molar-refractivity contribution in [2.24, 2.45) is 0 Å². The van der Waals surface area contributed by atoms with Gasteiger partial charge in [-0.2, -0.15) is 13.2 Å². The van der Waals surface area contributed by atoms with Crippen molar-refractivity contribution in [1.82, 2.24) is 0 Å². The molecule has 0 aromatic heterocycles. The van der Waals surface area contributed by atoms with E-state index < -0.39 is 23.5 Å². The number of alkyl halides is 3. The molecule has 2 rings (SSSR count). The second-order valence-corrected chi connectivity index (χ2v) is 6.19. The van der Waals surface area contributed by atoms with Gasteiger partial charge in [0, 0.05) is 5.69 Å². The fourth-order valence-electron chi connectivity index (χ4n) is 2.39. The number of benzene rings is 2. The van der Waals surface area contributed by atoms with Crippen molar-refractivity contribution >= 4 is 17.3 Å². The number of hydrogen-bond donors (Lipinski definition) is 1. The molecule has 0 saturated heterocycles. The Morgan fingerprint density at radius 3 is 2.35 bits per heavy atom. The number of carbonyl (C=O) groups excluding carboxylic acids is 1. The average molecular weight is 369 g/mol. The van der Waals surface area contributed by atoms with E-state index in [1.54, 1.807) is 32.0 Å². The summed E-state index contributed by atoms with van der Waals surface area (Å²) in [6, 6.07) is 7.39. The molecule has 0 aliphatic heterocycles. The van der Waals surface area contributed by atoms with E-state index in [9.17, 15) is 22.4 Å². The summed E-state index contributed by atoms with van der Waals surface area (Å²) in [4.78, 5) is 11.9. The van der Waals surface area contributed by atoms with Crippen LogP contribution in [0.15, 0.2) is 36.4 Å². The molecule has 0 atom stereocenters. The third-order valence-electron chi connectivity index (χ3n) is 3.53. The van der Waals surface area contributed by atoms with Crippen LogP contribution in [0.5, 0.6) is 0 Å². The average Bonchev–Trinajstić information content (AvgIpc) is 2.49. The van der Waals surface area contributed by atoms with Crippen molar-refractivity contribution in [3.05, 3.63) is 58.9 Å². The van der Waals surface area contributed by atoms with Gasteiger partial charge in [0.2, 0.25) is 0 Å². The number of anilines is 2. The van der Waals surface area contributed by atoms with Crippen LogP contribution < -0.4 is 5.32 Å². The summed E-state index contributed by atoms with van der Waals surface area (Å²) in [5.41, 5.74) is 0.700. The van der Waals surface area contributed by atoms with Gasteiger partial charge in [0.15, 0.2) is 0 Å². The quantitative estimate of drug-likeness (QED) is 0.567. The number of nitrogens with one attached hydrogen (secondary N) is 1. The molecule has 0 aliphatic rings. The molecule has 2 aromatic rings. The van der Waals surface area contributed by atoms with Gasteiger partial charge in [-0.15, -0.1) is 0 Å². The normalized spacial score (nSPS) is 11.5. The monoisotopic (exact) mass is 369 g/mol. The van der Waals surface area contributed by atoms with Gasteiger partial charge in [0.1, 0.15) is 5.82 Å². The fourth-order valence-corrected chi connectivity index (χ4v) is 2.39. The van der Waals surface area contributed by atoms with Gasteiger partial charge in [0.25, 0.3) is 0 Å². The van der Waals surface area contributed by atoms with Crippen molar-refractivity contribution in [3.63, 3.8) is 0 Å². The standard InChI is InChI=1S/C19H19F4NO2/c1-11(2)26-18(25)9-13-8-12(3)4-6-16(13)24-17-7-5-14(10-15(17)20)19(21,22)23/h4-8,10-11,24H,9H2,1-3H3. The van der Waals surface area contributed by atoms with Gasteiger partial charge >= 0.3 is 12.1 Å². The molecule has 0 bridgehead atoms. The summed E-state index contributed by atoms with van der Waals surface area (Å²) in [7, 11) is 0. The second-order valence-electron chi connectivity index (χ2n) is 6.19. The smallest absolute Gasteiger partial charge is 0.416 e. The zero-order chi connectivity index (χ0) is 19.5. The number of aryl methyl sites for hydroxylation is 1. The number of carbonyl (C=O) groups is 1. The third-order valence-corrected chi connectivity index (χ3v) is 3.53. The van der Waals surface area contributed by atoms with Crippen LogP contribution in [0.1, 0.15) is 30.5 Å². The Morgan fingerprint density at radius 2 is 1.77 bits per heavy atom. The molecule has 2 aromatic carbocycles. The zero-order valence-corrected chi connectivity index (χ0v) is 14.6. The lowest BCUT2D eigenvalue weighted by atomic mass is 10.1. The van der Waals surface area contributed by atoms with Crippen molar-refractivity contribution < 1.29 is 27.1 Å². The minimum Gasteiger partial charge on any atom is -0.463 e. The maximum atomic E-state index is 14.1. The van der Waals surface area contributed by atoms with Crippen molar-refractivity contribution in [2.75, 3.05) is 5.32 Å². The summed E-state index contributed by atoms with van der Waals surface area (Å²) in [5.74, 6) is -1.47.